The summed E-state index contributed by atoms with van der Waals surface area (Å²) in [5, 5.41) is 25.0. The van der Waals surface area contributed by atoms with Crippen molar-refractivity contribution in [1.29, 1.82) is 0 Å². The van der Waals surface area contributed by atoms with E-state index in [0.717, 1.165) is 75.5 Å². The quantitative estimate of drug-likeness (QED) is 0.0461. The van der Waals surface area contributed by atoms with Crippen LogP contribution in [-0.2, 0) is 12.8 Å². The van der Waals surface area contributed by atoms with Gasteiger partial charge in [-0.1, -0.05) is 84.9 Å². The van der Waals surface area contributed by atoms with Crippen molar-refractivity contribution in [3.63, 3.8) is 0 Å². The summed E-state index contributed by atoms with van der Waals surface area (Å²) in [6.07, 6.45) is 12.0. The zero-order chi connectivity index (χ0) is 41.5. The molecule has 4 aromatic carbocycles. The van der Waals surface area contributed by atoms with Crippen LogP contribution in [0.1, 0.15) is 106 Å². The third-order valence-electron chi connectivity index (χ3n) is 13.3. The van der Waals surface area contributed by atoms with Crippen LogP contribution in [0.4, 0.5) is 0 Å². The fourth-order valence-electron chi connectivity index (χ4n) is 9.23. The van der Waals surface area contributed by atoms with Crippen LogP contribution in [0.15, 0.2) is 109 Å². The van der Waals surface area contributed by atoms with E-state index in [1.54, 1.807) is 35.2 Å². The largest absolute Gasteiger partial charge is 0.313 e. The van der Waals surface area contributed by atoms with Crippen molar-refractivity contribution in [3.8, 4) is 0 Å². The highest BCUT2D eigenvalue weighted by Crippen LogP contribution is 2.41. The summed E-state index contributed by atoms with van der Waals surface area (Å²) in [5.74, 6) is 2.14. The Kier molecular flexibility index (Phi) is 16.3. The normalized spacial score (nSPS) is 22.0. The van der Waals surface area contributed by atoms with Gasteiger partial charge in [0.05, 0.1) is 0 Å². The van der Waals surface area contributed by atoms with E-state index in [1.807, 2.05) is 24.3 Å². The number of nitrogens with zero attached hydrogens (tertiary/aromatic N) is 2. The highest BCUT2D eigenvalue weighted by atomic mass is 16.5. The smallest absolute Gasteiger partial charge is 0.274 e. The Morgan fingerprint density at radius 2 is 0.883 bits per heavy atom. The molecule has 0 unspecified atom stereocenters. The Labute approximate surface area is 357 Å². The molecular weight excluding hydrogens is 749 g/mol. The van der Waals surface area contributed by atoms with E-state index in [1.165, 1.54) is 87.0 Å². The van der Waals surface area contributed by atoms with Gasteiger partial charge < -0.3 is 20.4 Å². The van der Waals surface area contributed by atoms with E-state index >= 15 is 0 Å². The lowest BCUT2D eigenvalue weighted by Gasteiger charge is -2.32. The van der Waals surface area contributed by atoms with Gasteiger partial charge >= 0.3 is 0 Å². The number of carbonyl (C=O) groups is 2. The molecule has 60 heavy (non-hydrogen) atoms. The van der Waals surface area contributed by atoms with Crippen molar-refractivity contribution < 1.29 is 20.0 Å². The van der Waals surface area contributed by atoms with Gasteiger partial charge in [-0.3, -0.25) is 20.0 Å². The molecule has 8 rings (SSSR count). The number of amides is 2. The summed E-state index contributed by atoms with van der Waals surface area (Å²) in [4.78, 5) is 27.9. The zero-order valence-corrected chi connectivity index (χ0v) is 35.2. The predicted octanol–water partition coefficient (Wildman–Crippen LogP) is 7.19. The minimum atomic E-state index is -0.462. The number of piperidine rings is 2. The first-order valence-corrected chi connectivity index (χ1v) is 22.5. The van der Waals surface area contributed by atoms with Crippen molar-refractivity contribution in [2.75, 3.05) is 52.4 Å². The maximum Gasteiger partial charge on any atom is 0.274 e. The predicted molar refractivity (Wildman–Crippen MR) is 238 cm³/mol. The van der Waals surface area contributed by atoms with E-state index in [0.29, 0.717) is 23.2 Å². The Bertz CT molecular complexity index is 1740. The summed E-state index contributed by atoms with van der Waals surface area (Å²) in [7, 11) is 0. The monoisotopic (exact) mass is 815 g/mol. The lowest BCUT2D eigenvalue weighted by Crippen LogP contribution is -2.38. The van der Waals surface area contributed by atoms with Crippen LogP contribution >= 0.6 is 0 Å². The minimum Gasteiger partial charge on any atom is -0.313 e. The van der Waals surface area contributed by atoms with Gasteiger partial charge in [0, 0.05) is 35.0 Å². The minimum absolute atomic E-state index is 0.462. The molecule has 2 saturated heterocycles. The molecule has 4 atom stereocenters. The number of carbonyl (C=O) groups excluding carboxylic acids is 2. The molecule has 2 saturated carbocycles. The van der Waals surface area contributed by atoms with E-state index < -0.39 is 11.8 Å². The molecule has 320 valence electrons. The van der Waals surface area contributed by atoms with E-state index in [2.05, 4.69) is 81.1 Å². The fourth-order valence-corrected chi connectivity index (χ4v) is 9.23. The molecule has 6 N–H and O–H groups in total. The molecule has 10 heteroatoms. The summed E-state index contributed by atoms with van der Waals surface area (Å²) in [6, 6.07) is 38.1. The van der Waals surface area contributed by atoms with Crippen molar-refractivity contribution in [2.45, 2.75) is 88.1 Å². The van der Waals surface area contributed by atoms with Gasteiger partial charge in [-0.2, -0.15) is 0 Å². The molecule has 4 aliphatic rings. The molecular formula is C50H66N6O4. The van der Waals surface area contributed by atoms with Crippen LogP contribution in [0.5, 0.6) is 0 Å². The lowest BCUT2D eigenvalue weighted by molar-refractivity contribution is 0.0702. The maximum atomic E-state index is 11.4. The first-order valence-electron chi connectivity index (χ1n) is 22.5. The second-order valence-electron chi connectivity index (χ2n) is 17.6. The zero-order valence-electron chi connectivity index (χ0n) is 35.2. The number of nitrogens with one attached hydrogen (secondary N) is 4. The number of hydrogen-bond acceptors (Lipinski definition) is 8. The first-order chi connectivity index (χ1) is 29.4. The number of benzene rings is 4. The molecule has 0 bridgehead atoms. The summed E-state index contributed by atoms with van der Waals surface area (Å²) in [5.41, 5.74) is 9.74. The number of aryl methyl sites for hydroxylation is 2. The summed E-state index contributed by atoms with van der Waals surface area (Å²) >= 11 is 0. The number of rotatable bonds is 18. The van der Waals surface area contributed by atoms with Crippen LogP contribution in [-0.4, -0.2) is 96.5 Å². The standard InChI is InChI=1S/2C25H33N3O2/c2*29-25(27-30)22-10-8-19(9-11-22)5-4-14-28-15-12-20(13-16-28)18-26-24-17-23(24)21-6-2-1-3-7-21/h2*1-3,6-11,20,23-24,26,30H,4-5,12-18H2,(H,27,29)/t2*23-,24+/m10/s1. The van der Waals surface area contributed by atoms with E-state index in [4.69, 9.17) is 10.4 Å². The first kappa shape index (κ1) is 43.7. The van der Waals surface area contributed by atoms with E-state index in [-0.39, 0.29) is 0 Å². The molecule has 0 aromatic heterocycles. The number of hydrogen-bond donors (Lipinski definition) is 6. The molecule has 2 aliphatic heterocycles. The van der Waals surface area contributed by atoms with Gasteiger partial charge in [0.25, 0.3) is 11.8 Å². The third kappa shape index (κ3) is 13.3. The van der Waals surface area contributed by atoms with Crippen LogP contribution in [0.2, 0.25) is 0 Å². The van der Waals surface area contributed by atoms with E-state index in [9.17, 15) is 9.59 Å². The second-order valence-corrected chi connectivity index (χ2v) is 17.6. The SMILES string of the molecule is O=C(NO)c1ccc(CCCN2CCC(CN[C@@H]3C[C@H]3c3ccccc3)CC2)cc1.O=C(NO)c1ccc(CCCN2CCC(CN[C@H]3C[C@@H]3c3ccccc3)CC2)cc1. The summed E-state index contributed by atoms with van der Waals surface area (Å²) in [6.45, 7) is 9.41. The Morgan fingerprint density at radius 1 is 0.517 bits per heavy atom. The fraction of sp³-hybridized carbons (Fsp3) is 0.480. The molecule has 2 amide bonds. The highest BCUT2D eigenvalue weighted by Gasteiger charge is 2.39. The maximum absolute atomic E-state index is 11.4. The van der Waals surface area contributed by atoms with Crippen molar-refractivity contribution >= 4 is 11.8 Å². The van der Waals surface area contributed by atoms with Gasteiger partial charge in [-0.05, 0) is 175 Å². The second kappa shape index (κ2) is 22.4. The van der Waals surface area contributed by atoms with Crippen LogP contribution < -0.4 is 21.6 Å². The molecule has 2 heterocycles. The summed E-state index contributed by atoms with van der Waals surface area (Å²) < 4.78 is 0. The van der Waals surface area contributed by atoms with Crippen LogP contribution in [0.3, 0.4) is 0 Å². The van der Waals surface area contributed by atoms with Crippen molar-refractivity contribution in [2.24, 2.45) is 11.8 Å². The molecule has 0 spiro atoms. The Hall–Kier alpha value is -4.42. The average Bonchev–Trinajstić information content (AvgIpc) is 4.26. The van der Waals surface area contributed by atoms with Crippen LogP contribution in [0, 0.1) is 11.8 Å². The number of likely N-dealkylation sites (tertiary alicyclic amines) is 2. The Balaban J connectivity index is 0.000000181. The molecule has 4 fully saturated rings. The third-order valence-corrected chi connectivity index (χ3v) is 13.3. The highest BCUT2D eigenvalue weighted by molar-refractivity contribution is 5.93. The topological polar surface area (TPSA) is 129 Å². The molecule has 0 radical (unpaired) electrons. The number of hydroxylamine groups is 2. The van der Waals surface area contributed by atoms with Gasteiger partial charge in [0.1, 0.15) is 0 Å². The Morgan fingerprint density at radius 3 is 1.23 bits per heavy atom. The molecule has 4 aromatic rings. The van der Waals surface area contributed by atoms with Gasteiger partial charge in [-0.25, -0.2) is 11.0 Å². The molecule has 2 aliphatic carbocycles. The lowest BCUT2D eigenvalue weighted by atomic mass is 9.96. The average molecular weight is 815 g/mol. The van der Waals surface area contributed by atoms with Crippen molar-refractivity contribution in [1.82, 2.24) is 31.4 Å². The van der Waals surface area contributed by atoms with Gasteiger partial charge in [0.2, 0.25) is 0 Å². The molecule has 10 nitrogen and oxygen atoms in total. The van der Waals surface area contributed by atoms with Crippen molar-refractivity contribution in [3.05, 3.63) is 143 Å². The van der Waals surface area contributed by atoms with Crippen LogP contribution in [0.25, 0.3) is 0 Å². The van der Waals surface area contributed by atoms with Gasteiger partial charge in [-0.15, -0.1) is 0 Å². The van der Waals surface area contributed by atoms with Gasteiger partial charge in [0.15, 0.2) is 0 Å².